The van der Waals surface area contributed by atoms with Crippen LogP contribution in [0.4, 0.5) is 0 Å². The van der Waals surface area contributed by atoms with Gasteiger partial charge in [-0.3, -0.25) is 19.2 Å². The normalized spacial score (nSPS) is 14.4. The number of carbonyl (C=O) groups excluding carboxylic acids is 3. The number of hydrogen-bond donors (Lipinski definition) is 8. The molecule has 0 aliphatic rings. The van der Waals surface area contributed by atoms with E-state index in [0.717, 1.165) is 16.5 Å². The average molecular weight is 500 g/mol. The minimum atomic E-state index is -1.25. The number of rotatable bonds is 12. The van der Waals surface area contributed by atoms with Gasteiger partial charge in [0.15, 0.2) is 0 Å². The van der Waals surface area contributed by atoms with E-state index in [4.69, 9.17) is 5.73 Å². The molecule has 36 heavy (non-hydrogen) atoms. The molecule has 4 unspecified atom stereocenters. The Bertz CT molecular complexity index is 1210. The molecule has 1 aromatic carbocycles. The lowest BCUT2D eigenvalue weighted by Gasteiger charge is -2.24. The fourth-order valence-electron chi connectivity index (χ4n) is 3.56. The lowest BCUT2D eigenvalue weighted by Crippen LogP contribution is -2.58. The largest absolute Gasteiger partial charge is 0.480 e. The Morgan fingerprint density at radius 1 is 1.00 bits per heavy atom. The number of para-hydroxylation sites is 1. The summed E-state index contributed by atoms with van der Waals surface area (Å²) < 4.78 is 0. The molecule has 2 heterocycles. The molecular formula is C23H29N7O6. The van der Waals surface area contributed by atoms with Gasteiger partial charge in [-0.05, 0) is 18.6 Å². The van der Waals surface area contributed by atoms with Crippen molar-refractivity contribution in [1.82, 2.24) is 30.9 Å². The number of aliphatic hydroxyl groups excluding tert-OH is 1. The van der Waals surface area contributed by atoms with Gasteiger partial charge in [0, 0.05) is 41.8 Å². The highest BCUT2D eigenvalue weighted by molar-refractivity contribution is 5.95. The second-order valence-electron chi connectivity index (χ2n) is 8.32. The van der Waals surface area contributed by atoms with E-state index >= 15 is 0 Å². The van der Waals surface area contributed by atoms with Crippen molar-refractivity contribution in [2.24, 2.45) is 5.73 Å². The van der Waals surface area contributed by atoms with Crippen LogP contribution >= 0.6 is 0 Å². The molecule has 3 rings (SSSR count). The third-order valence-electron chi connectivity index (χ3n) is 5.61. The Hall–Kier alpha value is -4.23. The topological polar surface area (TPSA) is 215 Å². The molecule has 0 saturated carbocycles. The summed E-state index contributed by atoms with van der Waals surface area (Å²) in [7, 11) is 0. The van der Waals surface area contributed by atoms with E-state index in [0.29, 0.717) is 5.69 Å². The Labute approximate surface area is 205 Å². The molecule has 13 heteroatoms. The Balaban J connectivity index is 1.85. The number of H-pyrrole nitrogens is 2. The van der Waals surface area contributed by atoms with Gasteiger partial charge in [-0.2, -0.15) is 0 Å². The van der Waals surface area contributed by atoms with Crippen molar-refractivity contribution in [1.29, 1.82) is 0 Å². The number of imidazole rings is 1. The van der Waals surface area contributed by atoms with Crippen molar-refractivity contribution >= 4 is 34.6 Å². The lowest BCUT2D eigenvalue weighted by atomic mass is 10.0. The van der Waals surface area contributed by atoms with Gasteiger partial charge in [-0.15, -0.1) is 0 Å². The maximum absolute atomic E-state index is 13.3. The molecule has 2 aromatic heterocycles. The molecule has 4 atom stereocenters. The van der Waals surface area contributed by atoms with Crippen LogP contribution in [0, 0.1) is 0 Å². The molecule has 3 aromatic rings. The number of carboxylic acids is 1. The summed E-state index contributed by atoms with van der Waals surface area (Å²) in [6.45, 7) is 0.686. The zero-order chi connectivity index (χ0) is 26.2. The second-order valence-corrected chi connectivity index (χ2v) is 8.32. The molecule has 3 amide bonds. The number of carbonyl (C=O) groups is 4. The number of hydrogen-bond acceptors (Lipinski definition) is 7. The number of amides is 3. The highest BCUT2D eigenvalue weighted by atomic mass is 16.4. The number of fused-ring (bicyclic) bond motifs is 1. The third kappa shape index (κ3) is 6.67. The second kappa shape index (κ2) is 12.0. The van der Waals surface area contributed by atoms with Crippen molar-refractivity contribution in [3.05, 3.63) is 54.2 Å². The van der Waals surface area contributed by atoms with Crippen molar-refractivity contribution in [3.63, 3.8) is 0 Å². The molecule has 0 aliphatic heterocycles. The molecule has 192 valence electrons. The molecule has 0 saturated heterocycles. The first-order chi connectivity index (χ1) is 17.2. The number of nitrogens with two attached hydrogens (primary N) is 1. The maximum Gasteiger partial charge on any atom is 0.325 e. The highest BCUT2D eigenvalue weighted by Gasteiger charge is 2.30. The molecule has 9 N–H and O–H groups in total. The fourth-order valence-corrected chi connectivity index (χ4v) is 3.56. The monoisotopic (exact) mass is 499 g/mol. The summed E-state index contributed by atoms with van der Waals surface area (Å²) in [6.07, 6.45) is 4.65. The summed E-state index contributed by atoms with van der Waals surface area (Å²) in [6, 6.07) is 2.64. The summed E-state index contributed by atoms with van der Waals surface area (Å²) in [5.41, 5.74) is 7.67. The Kier molecular flexibility index (Phi) is 8.76. The van der Waals surface area contributed by atoms with Crippen LogP contribution in [-0.4, -0.2) is 79.6 Å². The van der Waals surface area contributed by atoms with Crippen LogP contribution in [0.3, 0.4) is 0 Å². The Morgan fingerprint density at radius 2 is 1.67 bits per heavy atom. The van der Waals surface area contributed by atoms with Crippen molar-refractivity contribution in [2.75, 3.05) is 6.61 Å². The zero-order valence-corrected chi connectivity index (χ0v) is 19.5. The molecule has 13 nitrogen and oxygen atoms in total. The first-order valence-corrected chi connectivity index (χ1v) is 11.2. The minimum absolute atomic E-state index is 0.00265. The molecule has 0 bridgehead atoms. The van der Waals surface area contributed by atoms with Crippen molar-refractivity contribution < 1.29 is 29.4 Å². The van der Waals surface area contributed by atoms with Gasteiger partial charge < -0.3 is 41.9 Å². The number of carboxylic acid groups (broad SMARTS) is 1. The van der Waals surface area contributed by atoms with Crippen LogP contribution in [0.2, 0.25) is 0 Å². The van der Waals surface area contributed by atoms with E-state index in [-0.39, 0.29) is 12.8 Å². The first-order valence-electron chi connectivity index (χ1n) is 11.2. The summed E-state index contributed by atoms with van der Waals surface area (Å²) >= 11 is 0. The van der Waals surface area contributed by atoms with E-state index in [1.807, 2.05) is 24.3 Å². The van der Waals surface area contributed by atoms with Gasteiger partial charge in [-0.1, -0.05) is 18.2 Å². The summed E-state index contributed by atoms with van der Waals surface area (Å²) in [4.78, 5) is 59.7. The van der Waals surface area contributed by atoms with E-state index in [2.05, 4.69) is 30.9 Å². The van der Waals surface area contributed by atoms with E-state index in [1.165, 1.54) is 19.4 Å². The number of aliphatic hydroxyl groups is 1. The van der Waals surface area contributed by atoms with Gasteiger partial charge in [0.25, 0.3) is 0 Å². The van der Waals surface area contributed by atoms with E-state index < -0.39 is 54.5 Å². The number of nitrogens with zero attached hydrogens (tertiary/aromatic N) is 1. The fraction of sp³-hybridized carbons (Fsp3) is 0.348. The maximum atomic E-state index is 13.3. The predicted octanol–water partition coefficient (Wildman–Crippen LogP) is -1.45. The lowest BCUT2D eigenvalue weighted by molar-refractivity contribution is -0.141. The summed E-state index contributed by atoms with van der Waals surface area (Å²) in [5, 5.41) is 26.7. The quantitative estimate of drug-likeness (QED) is 0.147. The number of aromatic amines is 2. The SMILES string of the molecule is CC(NC(=O)C(Cc1c[nH]c2ccccc12)NC(=O)C(Cc1cnc[nH]1)NC(=O)C(N)CO)C(=O)O. The number of aromatic nitrogens is 3. The third-order valence-corrected chi connectivity index (χ3v) is 5.61. The molecular weight excluding hydrogens is 470 g/mol. The standard InChI is InChI=1S/C23H29N7O6/c1-12(23(35)36)28-21(33)18(6-13-8-26-17-5-3-2-4-15(13)17)30-22(34)19(7-14-9-25-11-27-14)29-20(32)16(24)10-31/h2-5,8-9,11-12,16,18-19,26,31H,6-7,10,24H2,1H3,(H,25,27)(H,28,33)(H,29,32)(H,30,34)(H,35,36). The van der Waals surface area contributed by atoms with E-state index in [1.54, 1.807) is 6.20 Å². The van der Waals surface area contributed by atoms with Crippen LogP contribution < -0.4 is 21.7 Å². The number of aliphatic carboxylic acids is 1. The number of benzene rings is 1. The molecule has 0 fully saturated rings. The Morgan fingerprint density at radius 3 is 2.33 bits per heavy atom. The highest BCUT2D eigenvalue weighted by Crippen LogP contribution is 2.19. The van der Waals surface area contributed by atoms with E-state index in [9.17, 15) is 29.4 Å². The van der Waals surface area contributed by atoms with Crippen molar-refractivity contribution in [2.45, 2.75) is 43.9 Å². The smallest absolute Gasteiger partial charge is 0.325 e. The van der Waals surface area contributed by atoms with Crippen LogP contribution in [0.25, 0.3) is 10.9 Å². The van der Waals surface area contributed by atoms with Gasteiger partial charge in [0.05, 0.1) is 12.9 Å². The summed E-state index contributed by atoms with van der Waals surface area (Å²) in [5.74, 6) is -3.40. The predicted molar refractivity (Wildman–Crippen MR) is 128 cm³/mol. The average Bonchev–Trinajstić information content (AvgIpc) is 3.52. The van der Waals surface area contributed by atoms with Gasteiger partial charge in [0.2, 0.25) is 17.7 Å². The molecule has 0 spiro atoms. The van der Waals surface area contributed by atoms with Gasteiger partial charge >= 0.3 is 5.97 Å². The molecule has 0 radical (unpaired) electrons. The van der Waals surface area contributed by atoms with Gasteiger partial charge in [0.1, 0.15) is 24.2 Å². The first kappa shape index (κ1) is 26.4. The van der Waals surface area contributed by atoms with Crippen molar-refractivity contribution in [3.8, 4) is 0 Å². The molecule has 0 aliphatic carbocycles. The minimum Gasteiger partial charge on any atom is -0.480 e. The number of nitrogens with one attached hydrogen (secondary N) is 5. The van der Waals surface area contributed by atoms with Crippen LogP contribution in [0.5, 0.6) is 0 Å². The zero-order valence-electron chi connectivity index (χ0n) is 19.5. The van der Waals surface area contributed by atoms with Gasteiger partial charge in [-0.25, -0.2) is 4.98 Å². The van der Waals surface area contributed by atoms with Crippen LogP contribution in [-0.2, 0) is 32.0 Å². The van der Waals surface area contributed by atoms with Crippen LogP contribution in [0.1, 0.15) is 18.2 Å². The van der Waals surface area contributed by atoms with Crippen LogP contribution in [0.15, 0.2) is 43.0 Å².